The molecule has 9 heteroatoms. The van der Waals surface area contributed by atoms with E-state index in [2.05, 4.69) is 4.90 Å². The number of fused-ring (bicyclic) bond motifs is 2. The van der Waals surface area contributed by atoms with Crippen LogP contribution in [0.2, 0.25) is 0 Å². The number of likely N-dealkylation sites (tertiary alicyclic amines) is 1. The van der Waals surface area contributed by atoms with E-state index < -0.39 is 35.0 Å². The standard InChI is InChI=1S/C25H24F6N2O/c26-24(27,28)18-11-17(12-19(13-18)25(29,30)31)22(34)33-15-23(20-3-1-2-4-21(20)33)7-9-32(10-8-23)14-16-5-6-16/h1-4,11-13,16H,5-10,14-15H2. The van der Waals surface area contributed by atoms with Crippen molar-refractivity contribution < 1.29 is 31.1 Å². The van der Waals surface area contributed by atoms with Crippen LogP contribution in [0.1, 0.15) is 52.7 Å². The SMILES string of the molecule is O=C(c1cc(C(F)(F)F)cc(C(F)(F)F)c1)N1CC2(CCN(CC3CC3)CC2)c2ccccc21. The van der Waals surface area contributed by atoms with E-state index in [1.165, 1.54) is 17.7 Å². The first-order valence-electron chi connectivity index (χ1n) is 11.4. The lowest BCUT2D eigenvalue weighted by Gasteiger charge is -2.40. The Morgan fingerprint density at radius 2 is 1.50 bits per heavy atom. The Morgan fingerprint density at radius 1 is 0.912 bits per heavy atom. The normalized spacial score (nSPS) is 20.6. The lowest BCUT2D eigenvalue weighted by Crippen LogP contribution is -2.46. The molecule has 2 heterocycles. The van der Waals surface area contributed by atoms with E-state index in [0.717, 1.165) is 44.0 Å². The van der Waals surface area contributed by atoms with Gasteiger partial charge >= 0.3 is 12.4 Å². The minimum Gasteiger partial charge on any atom is -0.307 e. The summed E-state index contributed by atoms with van der Waals surface area (Å²) in [5.41, 5.74) is -2.42. The number of halogens is 6. The Kier molecular flexibility index (Phi) is 5.46. The van der Waals surface area contributed by atoms with Gasteiger partial charge in [0.15, 0.2) is 0 Å². The quantitative estimate of drug-likeness (QED) is 0.492. The van der Waals surface area contributed by atoms with Crippen molar-refractivity contribution in [1.82, 2.24) is 4.90 Å². The molecule has 5 rings (SSSR count). The summed E-state index contributed by atoms with van der Waals surface area (Å²) >= 11 is 0. The Labute approximate surface area is 193 Å². The third-order valence-electron chi connectivity index (χ3n) is 7.33. The molecule has 2 aliphatic heterocycles. The van der Waals surface area contributed by atoms with Crippen LogP contribution < -0.4 is 4.90 Å². The number of piperidine rings is 1. The van der Waals surface area contributed by atoms with Gasteiger partial charge in [-0.25, -0.2) is 0 Å². The lowest BCUT2D eigenvalue weighted by molar-refractivity contribution is -0.143. The number of rotatable bonds is 3. The maximum absolute atomic E-state index is 13.4. The fourth-order valence-electron chi connectivity index (χ4n) is 5.30. The number of carbonyl (C=O) groups is 1. The molecule has 1 saturated carbocycles. The number of amides is 1. The van der Waals surface area contributed by atoms with Crippen molar-refractivity contribution in [2.75, 3.05) is 31.1 Å². The molecule has 3 nitrogen and oxygen atoms in total. The van der Waals surface area contributed by atoms with Gasteiger partial charge in [0.2, 0.25) is 0 Å². The molecule has 182 valence electrons. The third kappa shape index (κ3) is 4.30. The van der Waals surface area contributed by atoms with E-state index >= 15 is 0 Å². The summed E-state index contributed by atoms with van der Waals surface area (Å²) in [7, 11) is 0. The van der Waals surface area contributed by atoms with E-state index in [-0.39, 0.29) is 18.0 Å². The number of carbonyl (C=O) groups excluding carboxylic acids is 1. The topological polar surface area (TPSA) is 23.6 Å². The molecule has 1 saturated heterocycles. The molecular formula is C25H24F6N2O. The molecule has 0 N–H and O–H groups in total. The fourth-order valence-corrected chi connectivity index (χ4v) is 5.30. The van der Waals surface area contributed by atoms with Crippen molar-refractivity contribution >= 4 is 11.6 Å². The number of benzene rings is 2. The molecule has 1 amide bonds. The predicted molar refractivity (Wildman–Crippen MR) is 115 cm³/mol. The zero-order valence-electron chi connectivity index (χ0n) is 18.3. The Morgan fingerprint density at radius 3 is 2.06 bits per heavy atom. The number of nitrogens with zero attached hydrogens (tertiary/aromatic N) is 2. The van der Waals surface area contributed by atoms with Gasteiger partial charge in [0, 0.05) is 29.8 Å². The van der Waals surface area contributed by atoms with Gasteiger partial charge in [0.05, 0.1) is 11.1 Å². The first-order valence-corrected chi connectivity index (χ1v) is 11.4. The van der Waals surface area contributed by atoms with Crippen LogP contribution in [-0.4, -0.2) is 37.0 Å². The zero-order valence-corrected chi connectivity index (χ0v) is 18.3. The fraction of sp³-hybridized carbons (Fsp3) is 0.480. The molecule has 3 aliphatic rings. The van der Waals surface area contributed by atoms with Crippen LogP contribution in [0.5, 0.6) is 0 Å². The number of para-hydroxylation sites is 1. The molecule has 2 aromatic rings. The van der Waals surface area contributed by atoms with Gasteiger partial charge in [0.25, 0.3) is 5.91 Å². The number of anilines is 1. The molecule has 0 radical (unpaired) electrons. The second kappa shape index (κ2) is 8.00. The summed E-state index contributed by atoms with van der Waals surface area (Å²) in [5, 5.41) is 0. The summed E-state index contributed by atoms with van der Waals surface area (Å²) < 4.78 is 80.0. The third-order valence-corrected chi connectivity index (χ3v) is 7.33. The minimum absolute atomic E-state index is 0.0474. The van der Waals surface area contributed by atoms with Crippen LogP contribution in [-0.2, 0) is 17.8 Å². The van der Waals surface area contributed by atoms with Gasteiger partial charge in [-0.2, -0.15) is 26.3 Å². The number of hydrogen-bond donors (Lipinski definition) is 0. The van der Waals surface area contributed by atoms with E-state index in [9.17, 15) is 31.1 Å². The lowest BCUT2D eigenvalue weighted by atomic mass is 9.74. The molecule has 34 heavy (non-hydrogen) atoms. The number of alkyl halides is 6. The summed E-state index contributed by atoms with van der Waals surface area (Å²) in [5.74, 6) is -0.0898. The van der Waals surface area contributed by atoms with Crippen molar-refractivity contribution in [3.8, 4) is 0 Å². The van der Waals surface area contributed by atoms with Crippen molar-refractivity contribution in [2.24, 2.45) is 5.92 Å². The van der Waals surface area contributed by atoms with E-state index in [0.29, 0.717) is 17.8 Å². The molecule has 0 bridgehead atoms. The predicted octanol–water partition coefficient (Wildman–Crippen LogP) is 6.13. The second-order valence-corrected chi connectivity index (χ2v) is 9.73. The Bertz CT molecular complexity index is 1070. The zero-order chi connectivity index (χ0) is 24.3. The average molecular weight is 482 g/mol. The van der Waals surface area contributed by atoms with Crippen LogP contribution in [0.15, 0.2) is 42.5 Å². The molecule has 2 aromatic carbocycles. The van der Waals surface area contributed by atoms with E-state index in [1.54, 1.807) is 12.1 Å². The monoisotopic (exact) mass is 482 g/mol. The summed E-state index contributed by atoms with van der Waals surface area (Å²) in [6, 6.07) is 8.31. The highest BCUT2D eigenvalue weighted by Gasteiger charge is 2.47. The largest absolute Gasteiger partial charge is 0.416 e. The van der Waals surface area contributed by atoms with Crippen molar-refractivity contribution in [3.63, 3.8) is 0 Å². The highest BCUT2D eigenvalue weighted by atomic mass is 19.4. The molecular weight excluding hydrogens is 458 g/mol. The van der Waals surface area contributed by atoms with Crippen LogP contribution in [0.25, 0.3) is 0 Å². The first kappa shape index (κ1) is 23.2. The smallest absolute Gasteiger partial charge is 0.307 e. The van der Waals surface area contributed by atoms with Crippen molar-refractivity contribution in [1.29, 1.82) is 0 Å². The molecule has 0 unspecified atom stereocenters. The van der Waals surface area contributed by atoms with Gasteiger partial charge in [-0.3, -0.25) is 4.79 Å². The van der Waals surface area contributed by atoms with Crippen LogP contribution >= 0.6 is 0 Å². The Hall–Kier alpha value is -2.55. The van der Waals surface area contributed by atoms with Gasteiger partial charge in [0.1, 0.15) is 0 Å². The molecule has 1 spiro atoms. The molecule has 2 fully saturated rings. The summed E-state index contributed by atoms with van der Waals surface area (Å²) in [6.07, 6.45) is -5.93. The summed E-state index contributed by atoms with van der Waals surface area (Å²) in [6.45, 7) is 3.02. The highest BCUT2D eigenvalue weighted by Crippen LogP contribution is 2.48. The maximum Gasteiger partial charge on any atom is 0.416 e. The maximum atomic E-state index is 13.4. The average Bonchev–Trinajstić information content (AvgIpc) is 3.55. The second-order valence-electron chi connectivity index (χ2n) is 9.73. The van der Waals surface area contributed by atoms with Crippen molar-refractivity contribution in [2.45, 2.75) is 43.5 Å². The molecule has 0 atom stereocenters. The van der Waals surface area contributed by atoms with Gasteiger partial charge in [-0.15, -0.1) is 0 Å². The van der Waals surface area contributed by atoms with Crippen LogP contribution in [0.4, 0.5) is 32.0 Å². The minimum atomic E-state index is -5.01. The van der Waals surface area contributed by atoms with E-state index in [4.69, 9.17) is 0 Å². The summed E-state index contributed by atoms with van der Waals surface area (Å²) in [4.78, 5) is 17.2. The molecule has 1 aliphatic carbocycles. The number of hydrogen-bond acceptors (Lipinski definition) is 2. The Balaban J connectivity index is 1.47. The van der Waals surface area contributed by atoms with Gasteiger partial charge < -0.3 is 9.80 Å². The van der Waals surface area contributed by atoms with Crippen LogP contribution in [0.3, 0.4) is 0 Å². The van der Waals surface area contributed by atoms with Gasteiger partial charge in [-0.05, 0) is 74.5 Å². The van der Waals surface area contributed by atoms with E-state index in [1.807, 2.05) is 12.1 Å². The first-order chi connectivity index (χ1) is 16.0. The van der Waals surface area contributed by atoms with Crippen molar-refractivity contribution in [3.05, 3.63) is 64.7 Å². The highest BCUT2D eigenvalue weighted by molar-refractivity contribution is 6.08. The van der Waals surface area contributed by atoms with Crippen LogP contribution in [0, 0.1) is 5.92 Å². The molecule has 0 aromatic heterocycles. The van der Waals surface area contributed by atoms with Gasteiger partial charge in [-0.1, -0.05) is 18.2 Å².